The van der Waals surface area contributed by atoms with Gasteiger partial charge in [0.2, 0.25) is 5.78 Å². The van der Waals surface area contributed by atoms with E-state index >= 15 is 0 Å². The van der Waals surface area contributed by atoms with Crippen LogP contribution in [-0.4, -0.2) is 82.5 Å². The van der Waals surface area contributed by atoms with Crippen LogP contribution in [-0.2, 0) is 9.53 Å². The summed E-state index contributed by atoms with van der Waals surface area (Å²) in [7, 11) is 1.59. The van der Waals surface area contributed by atoms with Crippen molar-refractivity contribution in [3.8, 4) is 5.75 Å². The van der Waals surface area contributed by atoms with Crippen molar-refractivity contribution in [2.75, 3.05) is 46.5 Å². The maximum atomic E-state index is 14.1. The van der Waals surface area contributed by atoms with E-state index in [2.05, 4.69) is 9.88 Å². The molecule has 202 valence electrons. The Morgan fingerprint density at radius 3 is 2.62 bits per heavy atom. The number of methoxy groups -OCH3 is 1. The summed E-state index contributed by atoms with van der Waals surface area (Å²) in [6.45, 7) is 6.22. The molecule has 1 atom stereocenters. The number of aryl methyl sites for hydroxylation is 1. The number of nitrogens with zero attached hydrogens (tertiary/aromatic N) is 4. The standard InChI is InChI=1S/C29H30N4O5S/c1-18-27(39-29-30-21-6-3-4-7-22(21)33(18)29)25(34)23-24(19-8-10-20(37-2)11-9-19)32(28(36)26(23)35)13-5-12-31-14-16-38-17-15-31/h3-4,6-11,24,35H,5,12-17H2,1-2H3/t24-/m1/s1. The van der Waals surface area contributed by atoms with E-state index in [1.54, 1.807) is 24.1 Å². The number of para-hydroxylation sites is 2. The molecule has 2 aromatic heterocycles. The van der Waals surface area contributed by atoms with Gasteiger partial charge in [0.05, 0.1) is 47.8 Å². The molecule has 0 radical (unpaired) electrons. The van der Waals surface area contributed by atoms with Gasteiger partial charge in [-0.1, -0.05) is 35.6 Å². The maximum absolute atomic E-state index is 14.1. The summed E-state index contributed by atoms with van der Waals surface area (Å²) in [6.07, 6.45) is 0.713. The predicted molar refractivity (Wildman–Crippen MR) is 149 cm³/mol. The first kappa shape index (κ1) is 25.5. The lowest BCUT2D eigenvalue weighted by Gasteiger charge is -2.30. The number of rotatable bonds is 8. The minimum absolute atomic E-state index is 0.105. The third-order valence-corrected chi connectivity index (χ3v) is 8.69. The van der Waals surface area contributed by atoms with Crippen LogP contribution in [0.5, 0.6) is 5.75 Å². The van der Waals surface area contributed by atoms with Gasteiger partial charge in [0.1, 0.15) is 5.75 Å². The van der Waals surface area contributed by atoms with Crippen LogP contribution >= 0.6 is 11.3 Å². The fourth-order valence-electron chi connectivity index (χ4n) is 5.53. The van der Waals surface area contributed by atoms with Gasteiger partial charge in [-0.25, -0.2) is 4.98 Å². The molecule has 2 aromatic carbocycles. The van der Waals surface area contributed by atoms with Gasteiger partial charge in [-0.15, -0.1) is 0 Å². The second-order valence-electron chi connectivity index (χ2n) is 9.81. The molecule has 2 aliphatic heterocycles. The number of benzene rings is 2. The van der Waals surface area contributed by atoms with Crippen molar-refractivity contribution in [3.05, 3.63) is 76.0 Å². The minimum Gasteiger partial charge on any atom is -0.503 e. The summed E-state index contributed by atoms with van der Waals surface area (Å²) in [5, 5.41) is 11.1. The number of imidazole rings is 1. The molecule has 39 heavy (non-hydrogen) atoms. The van der Waals surface area contributed by atoms with Crippen LogP contribution in [0.1, 0.15) is 33.4 Å². The van der Waals surface area contributed by atoms with E-state index in [0.29, 0.717) is 41.8 Å². The lowest BCUT2D eigenvalue weighted by Crippen LogP contribution is -2.39. The van der Waals surface area contributed by atoms with Crippen LogP contribution in [0, 0.1) is 6.92 Å². The van der Waals surface area contributed by atoms with Gasteiger partial charge in [0, 0.05) is 31.9 Å². The zero-order valence-electron chi connectivity index (χ0n) is 21.9. The van der Waals surface area contributed by atoms with Crippen LogP contribution < -0.4 is 4.74 Å². The lowest BCUT2D eigenvalue weighted by atomic mass is 9.95. The summed E-state index contributed by atoms with van der Waals surface area (Å²) in [6, 6.07) is 14.4. The van der Waals surface area contributed by atoms with Crippen molar-refractivity contribution in [3.63, 3.8) is 0 Å². The van der Waals surface area contributed by atoms with E-state index in [0.717, 1.165) is 41.9 Å². The molecule has 0 unspecified atom stereocenters. The number of hydrogen-bond acceptors (Lipinski definition) is 8. The third kappa shape index (κ3) is 4.48. The molecule has 10 heteroatoms. The number of ketones is 1. The zero-order chi connectivity index (χ0) is 27.1. The number of hydrogen-bond donors (Lipinski definition) is 1. The topological polar surface area (TPSA) is 96.6 Å². The van der Waals surface area contributed by atoms with Crippen LogP contribution in [0.4, 0.5) is 0 Å². The van der Waals surface area contributed by atoms with Crippen LogP contribution in [0.3, 0.4) is 0 Å². The second-order valence-corrected chi connectivity index (χ2v) is 10.8. The normalized spacial score (nSPS) is 18.6. The summed E-state index contributed by atoms with van der Waals surface area (Å²) in [5.74, 6) is -0.687. The Morgan fingerprint density at radius 2 is 1.87 bits per heavy atom. The first-order valence-corrected chi connectivity index (χ1v) is 13.9. The highest BCUT2D eigenvalue weighted by Gasteiger charge is 2.44. The summed E-state index contributed by atoms with van der Waals surface area (Å²) >= 11 is 1.28. The second kappa shape index (κ2) is 10.4. The number of carbonyl (C=O) groups is 2. The Hall–Kier alpha value is -3.73. The molecule has 2 aliphatic rings. The molecule has 1 saturated heterocycles. The van der Waals surface area contributed by atoms with Crippen molar-refractivity contribution in [2.45, 2.75) is 19.4 Å². The number of Topliss-reactive ketones (excluding diaryl/α,β-unsaturated/α-hetero) is 1. The molecule has 0 spiro atoms. The zero-order valence-corrected chi connectivity index (χ0v) is 22.7. The molecule has 1 fully saturated rings. The van der Waals surface area contributed by atoms with E-state index in [1.807, 2.05) is 47.7 Å². The number of fused-ring (bicyclic) bond motifs is 3. The molecular formula is C29H30N4O5S. The number of thiazole rings is 1. The summed E-state index contributed by atoms with van der Waals surface area (Å²) in [4.78, 5) is 37.3. The lowest BCUT2D eigenvalue weighted by molar-refractivity contribution is -0.129. The van der Waals surface area contributed by atoms with E-state index in [9.17, 15) is 14.7 Å². The molecule has 4 aromatic rings. The average molecular weight is 547 g/mol. The maximum Gasteiger partial charge on any atom is 0.290 e. The number of carbonyl (C=O) groups excluding carboxylic acids is 2. The molecule has 6 rings (SSSR count). The number of aromatic nitrogens is 2. The van der Waals surface area contributed by atoms with Crippen molar-refractivity contribution >= 4 is 39.0 Å². The van der Waals surface area contributed by atoms with Crippen LogP contribution in [0.25, 0.3) is 16.0 Å². The molecule has 1 amide bonds. The van der Waals surface area contributed by atoms with Crippen molar-refractivity contribution in [2.24, 2.45) is 0 Å². The first-order chi connectivity index (χ1) is 19.0. The number of aliphatic hydroxyl groups excluding tert-OH is 1. The smallest absolute Gasteiger partial charge is 0.290 e. The fourth-order valence-corrected chi connectivity index (χ4v) is 6.63. The molecule has 9 nitrogen and oxygen atoms in total. The van der Waals surface area contributed by atoms with Gasteiger partial charge in [0.15, 0.2) is 10.7 Å². The van der Waals surface area contributed by atoms with E-state index in [4.69, 9.17) is 9.47 Å². The van der Waals surface area contributed by atoms with E-state index in [-0.39, 0.29) is 11.4 Å². The molecule has 0 aliphatic carbocycles. The van der Waals surface area contributed by atoms with E-state index in [1.165, 1.54) is 11.3 Å². The summed E-state index contributed by atoms with van der Waals surface area (Å²) < 4.78 is 12.7. The number of aliphatic hydroxyl groups is 1. The quantitative estimate of drug-likeness (QED) is 0.332. The molecular weight excluding hydrogens is 516 g/mol. The first-order valence-electron chi connectivity index (χ1n) is 13.1. The van der Waals surface area contributed by atoms with Crippen molar-refractivity contribution < 1.29 is 24.2 Å². The molecule has 1 N–H and O–H groups in total. The van der Waals surface area contributed by atoms with E-state index < -0.39 is 17.7 Å². The van der Waals surface area contributed by atoms with Gasteiger partial charge >= 0.3 is 0 Å². The third-order valence-electron chi connectivity index (χ3n) is 7.55. The minimum atomic E-state index is -0.703. The van der Waals surface area contributed by atoms with Crippen molar-refractivity contribution in [1.82, 2.24) is 19.2 Å². The average Bonchev–Trinajstić information content (AvgIpc) is 3.58. The number of ether oxygens (including phenoxy) is 2. The molecule has 4 heterocycles. The van der Waals surface area contributed by atoms with Gasteiger partial charge in [-0.05, 0) is 43.2 Å². The Labute approximate surface area is 229 Å². The SMILES string of the molecule is COc1ccc([C@@H]2C(C(=O)c3sc4nc5ccccc5n4c3C)=C(O)C(=O)N2CCCN2CCOCC2)cc1. The molecule has 0 saturated carbocycles. The number of morpholine rings is 1. The Morgan fingerprint density at radius 1 is 1.13 bits per heavy atom. The van der Waals surface area contributed by atoms with Gasteiger partial charge in [-0.3, -0.25) is 18.9 Å². The highest BCUT2D eigenvalue weighted by atomic mass is 32.1. The molecule has 0 bridgehead atoms. The number of amides is 1. The van der Waals surface area contributed by atoms with Gasteiger partial charge < -0.3 is 19.5 Å². The Kier molecular flexibility index (Phi) is 6.84. The van der Waals surface area contributed by atoms with Gasteiger partial charge in [-0.2, -0.15) is 0 Å². The van der Waals surface area contributed by atoms with Gasteiger partial charge in [0.25, 0.3) is 5.91 Å². The highest BCUT2D eigenvalue weighted by molar-refractivity contribution is 7.19. The van der Waals surface area contributed by atoms with Crippen LogP contribution in [0.15, 0.2) is 59.9 Å². The Balaban J connectivity index is 1.35. The van der Waals surface area contributed by atoms with Crippen LogP contribution in [0.2, 0.25) is 0 Å². The summed E-state index contributed by atoms with van der Waals surface area (Å²) in [5.41, 5.74) is 3.35. The fraction of sp³-hybridized carbons (Fsp3) is 0.345. The highest BCUT2D eigenvalue weighted by Crippen LogP contribution is 2.41. The monoisotopic (exact) mass is 546 g/mol. The predicted octanol–water partition coefficient (Wildman–Crippen LogP) is 4.17. The largest absolute Gasteiger partial charge is 0.503 e. The van der Waals surface area contributed by atoms with Crippen molar-refractivity contribution in [1.29, 1.82) is 0 Å². The Bertz CT molecular complexity index is 1580.